The molecule has 0 radical (unpaired) electrons. The quantitative estimate of drug-likeness (QED) is 0.0218. The normalized spacial score (nSPS) is 14.0. The van der Waals surface area contributed by atoms with Crippen molar-refractivity contribution < 1.29 is 58.2 Å². The number of fused-ring (bicyclic) bond motifs is 1. The molecule has 0 bridgehead atoms. The predicted octanol–water partition coefficient (Wildman–Crippen LogP) is 4.14. The van der Waals surface area contributed by atoms with Crippen LogP contribution in [-0.2, 0) is 67.2 Å². The number of carbonyl (C=O) groups is 10. The summed E-state index contributed by atoms with van der Waals surface area (Å²) in [5, 5.41) is 45.5. The van der Waals surface area contributed by atoms with Crippen LogP contribution in [0.4, 0.5) is 0 Å². The van der Waals surface area contributed by atoms with Crippen molar-refractivity contribution in [1.82, 2.24) is 52.8 Å². The molecule has 9 atom stereocenters. The molecule has 0 saturated carbocycles. The Morgan fingerprint density at radius 3 is 1.41 bits per heavy atom. The van der Waals surface area contributed by atoms with Crippen LogP contribution in [0.25, 0.3) is 10.9 Å². The van der Waals surface area contributed by atoms with Crippen LogP contribution in [0.1, 0.15) is 160 Å². The largest absolute Gasteiger partial charge is 0.508 e. The van der Waals surface area contributed by atoms with Gasteiger partial charge in [-0.3, -0.25) is 47.9 Å². The molecule has 27 heteroatoms. The molecule has 4 rings (SSSR count). The number of unbranched alkanes of at least 4 members (excludes halogenated alkanes) is 14. The number of aromatic amines is 1. The number of primary amides is 1. The maximum atomic E-state index is 15.2. The number of carbonyl (C=O) groups excluding carboxylic acids is 10. The van der Waals surface area contributed by atoms with E-state index in [4.69, 9.17) is 17.2 Å². The first-order chi connectivity index (χ1) is 46.1. The number of aliphatic hydroxyl groups excluding tert-OH is 1. The highest BCUT2D eigenvalue weighted by Gasteiger charge is 2.36. The number of aromatic hydroxyl groups is 1. The lowest BCUT2D eigenvalue weighted by atomic mass is 10.0. The van der Waals surface area contributed by atoms with E-state index in [1.165, 1.54) is 103 Å². The molecule has 1 aromatic heterocycles. The molecule has 4 aromatic rings. The second kappa shape index (κ2) is 45.7. The van der Waals surface area contributed by atoms with Crippen molar-refractivity contribution in [3.8, 4) is 5.75 Å². The Balaban J connectivity index is 1.63. The third-order valence-electron chi connectivity index (χ3n) is 16.2. The minimum absolute atomic E-state index is 0.0116. The Morgan fingerprint density at radius 1 is 0.490 bits per heavy atom. The van der Waals surface area contributed by atoms with Crippen molar-refractivity contribution in [2.24, 2.45) is 17.2 Å². The highest BCUT2D eigenvalue weighted by atomic mass is 32.2. The lowest BCUT2D eigenvalue weighted by Gasteiger charge is -2.28. The van der Waals surface area contributed by atoms with E-state index in [9.17, 15) is 48.6 Å². The van der Waals surface area contributed by atoms with E-state index in [0.717, 1.165) is 55.6 Å². The van der Waals surface area contributed by atoms with E-state index in [-0.39, 0.29) is 73.1 Å². The second-order valence-corrected chi connectivity index (χ2v) is 26.5. The van der Waals surface area contributed by atoms with Gasteiger partial charge in [-0.15, -0.1) is 23.5 Å². The van der Waals surface area contributed by atoms with Crippen molar-refractivity contribution in [2.75, 3.05) is 29.8 Å². The average Bonchev–Trinajstić information content (AvgIpc) is 1.61. The lowest BCUT2D eigenvalue weighted by Crippen LogP contribution is -2.61. The van der Waals surface area contributed by atoms with Crippen LogP contribution < -0.4 is 65.1 Å². The van der Waals surface area contributed by atoms with Crippen LogP contribution in [0.5, 0.6) is 5.75 Å². The Hall–Kier alpha value is -7.72. The number of thioether (sulfide) groups is 2. The van der Waals surface area contributed by atoms with Gasteiger partial charge < -0.3 is 80.2 Å². The Kier molecular flexibility index (Phi) is 38.4. The number of hydrogen-bond donors (Lipinski definition) is 15. The fourth-order valence-corrected chi connectivity index (χ4v) is 12.5. The van der Waals surface area contributed by atoms with Crippen LogP contribution in [0.2, 0.25) is 0 Å². The fraction of sp³-hybridized carbons (Fsp3) is 0.565. The number of phenolic OH excluding ortho intramolecular Hbond substituents is 1. The van der Waals surface area contributed by atoms with Crippen molar-refractivity contribution in [2.45, 2.75) is 217 Å². The molecule has 0 spiro atoms. The average molecular weight is 1370 g/mol. The molecule has 25 nitrogen and oxygen atoms in total. The van der Waals surface area contributed by atoms with Crippen molar-refractivity contribution in [3.05, 3.63) is 102 Å². The van der Waals surface area contributed by atoms with E-state index in [0.29, 0.717) is 46.9 Å². The molecule has 0 aliphatic heterocycles. The van der Waals surface area contributed by atoms with Gasteiger partial charge in [-0.05, 0) is 74.0 Å². The fourth-order valence-electron chi connectivity index (χ4n) is 10.7. The van der Waals surface area contributed by atoms with E-state index in [2.05, 4.69) is 59.8 Å². The first-order valence-corrected chi connectivity index (χ1v) is 36.0. The summed E-state index contributed by atoms with van der Waals surface area (Å²) in [5.74, 6) is -7.69. The molecule has 3 aromatic carbocycles. The number of H-pyrrole nitrogens is 1. The van der Waals surface area contributed by atoms with Crippen molar-refractivity contribution >= 4 is 93.5 Å². The number of para-hydroxylation sites is 1. The molecule has 0 aliphatic carbocycles. The summed E-state index contributed by atoms with van der Waals surface area (Å²) >= 11 is 2.16. The summed E-state index contributed by atoms with van der Waals surface area (Å²) in [5.41, 5.74) is 20.3. The lowest BCUT2D eigenvalue weighted by molar-refractivity contribution is -0.135. The number of aliphatic hydroxyl groups is 1. The third kappa shape index (κ3) is 31.4. The maximum absolute atomic E-state index is 15.2. The zero-order chi connectivity index (χ0) is 70.2. The summed E-state index contributed by atoms with van der Waals surface area (Å²) in [4.78, 5) is 141. The van der Waals surface area contributed by atoms with Crippen LogP contribution in [0.15, 0.2) is 85.1 Å². The number of aromatic nitrogens is 1. The second-order valence-electron chi connectivity index (χ2n) is 24.4. The summed E-state index contributed by atoms with van der Waals surface area (Å²) in [7, 11) is 0. The molecule has 10 amide bonds. The molecule has 0 aliphatic rings. The molecule has 18 N–H and O–H groups in total. The number of phenols is 1. The Labute approximate surface area is 573 Å². The highest BCUT2D eigenvalue weighted by molar-refractivity contribution is 7.99. The minimum Gasteiger partial charge on any atom is -0.508 e. The van der Waals surface area contributed by atoms with E-state index < -0.39 is 102 Å². The number of hydrogen-bond acceptors (Lipinski definition) is 16. The first-order valence-electron chi connectivity index (χ1n) is 33.7. The zero-order valence-electron chi connectivity index (χ0n) is 56.2. The SMILES string of the molecule is CCCCCCCCCCCCCCCCC(N)C(=O)N[C@H](Cc1ccccc1)C(=O)N[C@@H](CSCNC(C)=O)C(=O)N[C@@H](Cc1ccc(O)cc1)C(=O)N[C@H](Cc1c[nH]c2ccccc12)C(=O)N[C@@H](CCCCN)C(=O)N[C@@H](CSCNC(C)=O)C(=O)N[C@H](C(N)=O)[C@@H](C)O. The van der Waals surface area contributed by atoms with Gasteiger partial charge >= 0.3 is 0 Å². The number of nitrogens with two attached hydrogens (primary N) is 3. The molecule has 96 heavy (non-hydrogen) atoms. The number of benzene rings is 3. The van der Waals surface area contributed by atoms with E-state index >= 15 is 9.59 Å². The molecular weight excluding hydrogens is 1270 g/mol. The van der Waals surface area contributed by atoms with Gasteiger partial charge in [-0.25, -0.2) is 0 Å². The molecule has 1 heterocycles. The smallest absolute Gasteiger partial charge is 0.244 e. The monoisotopic (exact) mass is 1370 g/mol. The Morgan fingerprint density at radius 2 is 0.906 bits per heavy atom. The molecule has 0 fully saturated rings. The zero-order valence-corrected chi connectivity index (χ0v) is 57.8. The van der Waals surface area contributed by atoms with Gasteiger partial charge in [0.15, 0.2) is 0 Å². The third-order valence-corrected chi connectivity index (χ3v) is 18.0. The maximum Gasteiger partial charge on any atom is 0.244 e. The van der Waals surface area contributed by atoms with Crippen LogP contribution in [0.3, 0.4) is 0 Å². The van der Waals surface area contributed by atoms with Gasteiger partial charge in [0, 0.05) is 61.7 Å². The minimum atomic E-state index is -1.54. The highest BCUT2D eigenvalue weighted by Crippen LogP contribution is 2.21. The van der Waals surface area contributed by atoms with Gasteiger partial charge in [-0.1, -0.05) is 157 Å². The summed E-state index contributed by atoms with van der Waals surface area (Å²) in [6, 6.07) is 11.2. The topological polar surface area (TPSA) is 413 Å². The number of rotatable bonds is 49. The van der Waals surface area contributed by atoms with Gasteiger partial charge in [-0.2, -0.15) is 0 Å². The van der Waals surface area contributed by atoms with Gasteiger partial charge in [0.25, 0.3) is 0 Å². The Bertz CT molecular complexity index is 3050. The summed E-state index contributed by atoms with van der Waals surface area (Å²) in [6.07, 6.45) is 17.4. The molecule has 1 unspecified atom stereocenters. The van der Waals surface area contributed by atoms with Gasteiger partial charge in [0.2, 0.25) is 59.1 Å². The molecule has 0 saturated heterocycles. The van der Waals surface area contributed by atoms with Crippen LogP contribution >= 0.6 is 23.5 Å². The molecule has 530 valence electrons. The molecular formula is C69H105N13O12S2. The first kappa shape index (κ1) is 80.7. The van der Waals surface area contributed by atoms with Crippen LogP contribution in [-0.4, -0.2) is 159 Å². The summed E-state index contributed by atoms with van der Waals surface area (Å²) in [6.45, 7) is 6.32. The standard InChI is InChI=1S/C69H105N13O12S2/c1-5-6-7-8-9-10-11-12-13-14-15-16-17-21-29-53(71)63(88)77-56(37-48-26-19-18-20-27-48)66(91)81-59(41-95-43-74-46(3)84)68(93)78-57(38-49-32-34-51(86)35-33-49)65(90)79-58(39-50-40-73-54-30-23-22-28-52(50)54)67(92)76-55(31-24-25-36-70)64(89)80-60(42-96-44-75-47(4)85)69(94)82-61(45(2)83)62(72)87/h18-20,22-23,26-28,30,32-35,40,45,53,55-61,73,83,86H,5-17,21,24-25,29,31,36-39,41-44,70-71H2,1-4H3,(H2,72,87)(H,74,84)(H,75,85)(H,76,92)(H,77,88)(H,78,93)(H,79,90)(H,80,89)(H,81,91)(H,82,94)/t45-,53?,55+,56-,57+,58-,59+,60+,61+/m1/s1. The van der Waals surface area contributed by atoms with Gasteiger partial charge in [0.1, 0.15) is 48.0 Å². The summed E-state index contributed by atoms with van der Waals surface area (Å²) < 4.78 is 0. The van der Waals surface area contributed by atoms with E-state index in [1.54, 1.807) is 36.5 Å². The van der Waals surface area contributed by atoms with Crippen molar-refractivity contribution in [3.63, 3.8) is 0 Å². The van der Waals surface area contributed by atoms with E-state index in [1.807, 2.05) is 24.3 Å². The van der Waals surface area contributed by atoms with Crippen molar-refractivity contribution in [1.29, 1.82) is 0 Å². The number of amides is 10. The van der Waals surface area contributed by atoms with Gasteiger partial charge in [0.05, 0.1) is 23.9 Å². The predicted molar refractivity (Wildman–Crippen MR) is 376 cm³/mol. The van der Waals surface area contributed by atoms with Crippen LogP contribution in [0, 0.1) is 0 Å². The number of nitrogens with one attached hydrogen (secondary N) is 10.